The second-order valence-corrected chi connectivity index (χ2v) is 5.43. The van der Waals surface area contributed by atoms with E-state index in [4.69, 9.17) is 4.74 Å². The van der Waals surface area contributed by atoms with Gasteiger partial charge in [-0.1, -0.05) is 24.3 Å². The van der Waals surface area contributed by atoms with Crippen LogP contribution in [0.5, 0.6) is 0 Å². The van der Waals surface area contributed by atoms with Crippen LogP contribution in [-0.4, -0.2) is 18.1 Å². The normalized spacial score (nSPS) is 10.8. The lowest BCUT2D eigenvalue weighted by molar-refractivity contribution is 0.0603. The summed E-state index contributed by atoms with van der Waals surface area (Å²) < 4.78 is 5.57. The van der Waals surface area contributed by atoms with Gasteiger partial charge >= 0.3 is 5.97 Å². The highest BCUT2D eigenvalue weighted by molar-refractivity contribution is 9.10. The number of fused-ring (bicyclic) bond motifs is 2. The highest BCUT2D eigenvalue weighted by atomic mass is 79.9. The van der Waals surface area contributed by atoms with E-state index < -0.39 is 5.97 Å². The molecular weight excluding hydrogens is 334 g/mol. The van der Waals surface area contributed by atoms with Gasteiger partial charge in [0, 0.05) is 26.8 Å². The van der Waals surface area contributed by atoms with Crippen LogP contribution in [0.15, 0.2) is 51.9 Å². The summed E-state index contributed by atoms with van der Waals surface area (Å²) in [5.74, 6) is -0.483. The van der Waals surface area contributed by atoms with Crippen LogP contribution >= 0.6 is 15.9 Å². The van der Waals surface area contributed by atoms with Gasteiger partial charge < -0.3 is 4.74 Å². The van der Waals surface area contributed by atoms with Crippen molar-refractivity contribution in [2.24, 2.45) is 0 Å². The number of carbonyl (C=O) groups excluding carboxylic acids is 1. The first-order valence-corrected chi connectivity index (χ1v) is 7.01. The minimum Gasteiger partial charge on any atom is -0.465 e. The maximum absolute atomic E-state index is 12.6. The predicted molar refractivity (Wildman–Crippen MR) is 84.6 cm³/mol. The van der Waals surface area contributed by atoms with Crippen LogP contribution in [0.1, 0.15) is 10.4 Å². The van der Waals surface area contributed by atoms with Gasteiger partial charge in [0.2, 0.25) is 5.43 Å². The third-order valence-corrected chi connectivity index (χ3v) is 3.70. The monoisotopic (exact) mass is 343 g/mol. The Morgan fingerprint density at radius 2 is 1.90 bits per heavy atom. The first kappa shape index (κ1) is 13.7. The van der Waals surface area contributed by atoms with Crippen LogP contribution in [0, 0.1) is 0 Å². The number of ether oxygens (including phenoxy) is 1. The number of rotatable bonds is 1. The molecule has 0 atom stereocenters. The molecule has 1 heterocycles. The molecule has 0 aliphatic carbocycles. The third-order valence-electron chi connectivity index (χ3n) is 3.27. The van der Waals surface area contributed by atoms with E-state index >= 15 is 0 Å². The van der Waals surface area contributed by atoms with Gasteiger partial charge in [-0.3, -0.25) is 9.78 Å². The van der Waals surface area contributed by atoms with E-state index in [-0.39, 0.29) is 5.43 Å². The fourth-order valence-corrected chi connectivity index (χ4v) is 2.66. The van der Waals surface area contributed by atoms with Crippen molar-refractivity contribution in [3.8, 4) is 0 Å². The van der Waals surface area contributed by atoms with Gasteiger partial charge in [0.15, 0.2) is 0 Å². The Bertz CT molecular complexity index is 937. The van der Waals surface area contributed by atoms with Crippen molar-refractivity contribution in [3.63, 3.8) is 0 Å². The Morgan fingerprint density at radius 1 is 1.19 bits per heavy atom. The average Bonchev–Trinajstić information content (AvgIpc) is 2.62. The molecule has 1 aromatic heterocycles. The molecule has 0 saturated carbocycles. The van der Waals surface area contributed by atoms with E-state index in [0.717, 1.165) is 4.47 Å². The van der Waals surface area contributed by atoms with Crippen molar-refractivity contribution in [2.45, 2.75) is 0 Å². The number of esters is 1. The molecule has 0 bridgehead atoms. The first-order chi connectivity index (χ1) is 10.1. The van der Waals surface area contributed by atoms with Crippen molar-refractivity contribution in [1.29, 1.82) is 0 Å². The molecule has 5 heteroatoms. The average molecular weight is 344 g/mol. The summed E-state index contributed by atoms with van der Waals surface area (Å²) in [5.41, 5.74) is 0.466. The molecule has 0 unspecified atom stereocenters. The van der Waals surface area contributed by atoms with Crippen molar-refractivity contribution < 1.29 is 9.53 Å². The van der Waals surface area contributed by atoms with E-state index in [1.807, 2.05) is 0 Å². The smallest absolute Gasteiger partial charge is 0.338 e. The zero-order valence-electron chi connectivity index (χ0n) is 11.1. The molecule has 0 radical (unpaired) electrons. The van der Waals surface area contributed by atoms with Crippen LogP contribution in [0.3, 0.4) is 0 Å². The largest absolute Gasteiger partial charge is 0.465 e. The third kappa shape index (κ3) is 2.29. The minimum atomic E-state index is -0.483. The molecule has 104 valence electrons. The molecule has 0 saturated heterocycles. The summed E-state index contributed by atoms with van der Waals surface area (Å²) in [5, 5.41) is 1.59. The molecule has 0 N–H and O–H groups in total. The van der Waals surface area contributed by atoms with Crippen LogP contribution in [0.25, 0.3) is 21.7 Å². The molecule has 0 fully saturated rings. The second-order valence-electron chi connectivity index (χ2n) is 4.52. The van der Waals surface area contributed by atoms with E-state index in [1.165, 1.54) is 7.11 Å². The number of aromatic nitrogens is 1. The van der Waals surface area contributed by atoms with Crippen LogP contribution in [0.4, 0.5) is 0 Å². The second kappa shape index (κ2) is 5.26. The Balaban J connectivity index is 2.63. The SMILES string of the molecule is COC(=O)c1cc2cc(Br)cnc2c(=O)c2ccccc12. The molecular formula is C16H10BrNO3. The van der Waals surface area contributed by atoms with E-state index in [2.05, 4.69) is 20.9 Å². The van der Waals surface area contributed by atoms with E-state index in [0.29, 0.717) is 27.2 Å². The summed E-state index contributed by atoms with van der Waals surface area (Å²) >= 11 is 3.33. The number of benzene rings is 1. The van der Waals surface area contributed by atoms with Gasteiger partial charge in [-0.15, -0.1) is 0 Å². The maximum Gasteiger partial charge on any atom is 0.338 e. The van der Waals surface area contributed by atoms with Gasteiger partial charge in [0.1, 0.15) is 5.52 Å². The highest BCUT2D eigenvalue weighted by Gasteiger charge is 2.14. The molecule has 0 aliphatic heterocycles. The van der Waals surface area contributed by atoms with Gasteiger partial charge in [-0.05, 0) is 28.1 Å². The number of hydrogen-bond donors (Lipinski definition) is 0. The summed E-state index contributed by atoms with van der Waals surface area (Å²) in [6.45, 7) is 0. The van der Waals surface area contributed by atoms with Gasteiger partial charge in [0.05, 0.1) is 12.7 Å². The number of carbonyl (C=O) groups is 1. The summed E-state index contributed by atoms with van der Waals surface area (Å²) in [6, 6.07) is 10.4. The molecule has 0 aliphatic rings. The topological polar surface area (TPSA) is 56.3 Å². The standard InChI is InChI=1S/C16H10BrNO3/c1-21-16(20)13-7-9-6-10(17)8-18-14(9)15(19)12-5-3-2-4-11(12)13/h2-8H,1H3. The Labute approximate surface area is 128 Å². The fourth-order valence-electron chi connectivity index (χ4n) is 2.31. The first-order valence-electron chi connectivity index (χ1n) is 6.21. The lowest BCUT2D eigenvalue weighted by Crippen LogP contribution is -2.02. The maximum atomic E-state index is 12.6. The molecule has 3 aromatic rings. The Hall–Kier alpha value is -2.27. The number of halogens is 1. The van der Waals surface area contributed by atoms with Crippen molar-refractivity contribution in [1.82, 2.24) is 4.98 Å². The molecule has 21 heavy (non-hydrogen) atoms. The number of methoxy groups -OCH3 is 1. The Morgan fingerprint density at radius 3 is 2.62 bits per heavy atom. The van der Waals surface area contributed by atoms with Crippen molar-refractivity contribution in [2.75, 3.05) is 7.11 Å². The fraction of sp³-hybridized carbons (Fsp3) is 0.0625. The quantitative estimate of drug-likeness (QED) is 0.636. The van der Waals surface area contributed by atoms with Gasteiger partial charge in [-0.2, -0.15) is 0 Å². The number of hydrogen-bond acceptors (Lipinski definition) is 4. The molecule has 3 rings (SSSR count). The zero-order chi connectivity index (χ0) is 15.0. The van der Waals surface area contributed by atoms with Crippen molar-refractivity contribution >= 4 is 43.6 Å². The molecule has 4 nitrogen and oxygen atoms in total. The molecule has 2 aromatic carbocycles. The van der Waals surface area contributed by atoms with Crippen LogP contribution in [0.2, 0.25) is 0 Å². The summed E-state index contributed by atoms with van der Waals surface area (Å²) in [7, 11) is 1.32. The number of pyridine rings is 1. The zero-order valence-corrected chi connectivity index (χ0v) is 12.7. The van der Waals surface area contributed by atoms with Crippen molar-refractivity contribution in [3.05, 3.63) is 62.9 Å². The lowest BCUT2D eigenvalue weighted by Gasteiger charge is -1.99. The van der Waals surface area contributed by atoms with Crippen LogP contribution in [-0.2, 0) is 4.74 Å². The number of nitrogens with zero attached hydrogens (tertiary/aromatic N) is 1. The predicted octanol–water partition coefficient (Wildman–Crippen LogP) is 3.30. The van der Waals surface area contributed by atoms with E-state index in [1.54, 1.807) is 42.6 Å². The highest BCUT2D eigenvalue weighted by Crippen LogP contribution is 2.22. The minimum absolute atomic E-state index is 0.205. The summed E-state index contributed by atoms with van der Waals surface area (Å²) in [6.07, 6.45) is 1.57. The van der Waals surface area contributed by atoms with E-state index in [9.17, 15) is 9.59 Å². The summed E-state index contributed by atoms with van der Waals surface area (Å²) in [4.78, 5) is 28.9. The molecule has 0 amide bonds. The lowest BCUT2D eigenvalue weighted by atomic mass is 10.1. The Kier molecular flexibility index (Phi) is 3.43. The van der Waals surface area contributed by atoms with Gasteiger partial charge in [-0.25, -0.2) is 4.79 Å². The molecule has 0 spiro atoms. The van der Waals surface area contributed by atoms with Gasteiger partial charge in [0.25, 0.3) is 0 Å². The van der Waals surface area contributed by atoms with Crippen LogP contribution < -0.4 is 5.43 Å².